The number of halogens is 1. The number of carbonyl (C=O) groups is 1. The number of amides is 1. The van der Waals surface area contributed by atoms with Gasteiger partial charge in [0.1, 0.15) is 11.5 Å². The van der Waals surface area contributed by atoms with Gasteiger partial charge in [0, 0.05) is 31.4 Å². The molecule has 1 aliphatic rings. The Balaban J connectivity index is 1.63. The Morgan fingerprint density at radius 1 is 1.22 bits per heavy atom. The molecule has 7 heteroatoms. The molecule has 1 atom stereocenters. The number of aryl methyl sites for hydroxylation is 1. The summed E-state index contributed by atoms with van der Waals surface area (Å²) >= 11 is 0. The number of nitrogens with zero attached hydrogens (tertiary/aromatic N) is 4. The molecule has 0 unspecified atom stereocenters. The van der Waals surface area contributed by atoms with Crippen LogP contribution in [0.25, 0.3) is 11.3 Å². The predicted molar refractivity (Wildman–Crippen MR) is 97.4 cm³/mol. The van der Waals surface area contributed by atoms with Crippen LogP contribution in [0.3, 0.4) is 0 Å². The van der Waals surface area contributed by atoms with Gasteiger partial charge in [-0.05, 0) is 31.0 Å². The van der Waals surface area contributed by atoms with Crippen LogP contribution in [0, 0.1) is 5.82 Å². The van der Waals surface area contributed by atoms with E-state index < -0.39 is 5.82 Å². The van der Waals surface area contributed by atoms with Gasteiger partial charge in [0.05, 0.1) is 11.7 Å². The lowest BCUT2D eigenvalue weighted by Gasteiger charge is -2.27. The van der Waals surface area contributed by atoms with Crippen molar-refractivity contribution in [1.29, 1.82) is 0 Å². The number of rotatable bonds is 3. The summed E-state index contributed by atoms with van der Waals surface area (Å²) in [4.78, 5) is 14.9. The van der Waals surface area contributed by atoms with Gasteiger partial charge < -0.3 is 9.42 Å². The Hall–Kier alpha value is -2.96. The van der Waals surface area contributed by atoms with Gasteiger partial charge in [0.2, 0.25) is 5.76 Å². The van der Waals surface area contributed by atoms with Crippen LogP contribution >= 0.6 is 0 Å². The minimum atomic E-state index is -0.397. The van der Waals surface area contributed by atoms with E-state index in [0.717, 1.165) is 31.4 Å². The molecule has 1 fully saturated rings. The van der Waals surface area contributed by atoms with Crippen molar-refractivity contribution < 1.29 is 13.7 Å². The summed E-state index contributed by atoms with van der Waals surface area (Å²) in [5.74, 6) is -0.510. The summed E-state index contributed by atoms with van der Waals surface area (Å²) in [6.45, 7) is 0.635. The largest absolute Gasteiger partial charge is 0.350 e. The summed E-state index contributed by atoms with van der Waals surface area (Å²) in [5, 5.41) is 8.40. The normalized spacial score (nSPS) is 17.7. The smallest absolute Gasteiger partial charge is 0.293 e. The van der Waals surface area contributed by atoms with Crippen molar-refractivity contribution in [3.8, 4) is 11.3 Å². The van der Waals surface area contributed by atoms with Gasteiger partial charge in [-0.3, -0.25) is 9.48 Å². The van der Waals surface area contributed by atoms with Crippen LogP contribution in [0.4, 0.5) is 4.39 Å². The maximum Gasteiger partial charge on any atom is 0.293 e. The number of hydrogen-bond acceptors (Lipinski definition) is 4. The van der Waals surface area contributed by atoms with Gasteiger partial charge in [0.15, 0.2) is 0 Å². The van der Waals surface area contributed by atoms with Crippen LogP contribution in [-0.4, -0.2) is 32.3 Å². The molecular formula is C20H21FN4O2. The molecule has 1 amide bonds. The van der Waals surface area contributed by atoms with Gasteiger partial charge in [-0.2, -0.15) is 5.10 Å². The number of likely N-dealkylation sites (tertiary alicyclic amines) is 1. The van der Waals surface area contributed by atoms with Crippen LogP contribution in [0.2, 0.25) is 0 Å². The molecule has 140 valence electrons. The Labute approximate surface area is 156 Å². The number of benzene rings is 1. The fourth-order valence-corrected chi connectivity index (χ4v) is 3.58. The van der Waals surface area contributed by atoms with E-state index >= 15 is 0 Å². The first kappa shape index (κ1) is 17.5. The first-order chi connectivity index (χ1) is 13.1. The molecule has 6 nitrogen and oxygen atoms in total. The highest BCUT2D eigenvalue weighted by Gasteiger charge is 2.31. The minimum Gasteiger partial charge on any atom is -0.350 e. The van der Waals surface area contributed by atoms with Gasteiger partial charge in [-0.25, -0.2) is 4.39 Å². The topological polar surface area (TPSA) is 64.2 Å². The monoisotopic (exact) mass is 368 g/mol. The molecule has 0 spiro atoms. The number of aromatic nitrogens is 3. The zero-order chi connectivity index (χ0) is 18.8. The molecule has 1 aliphatic heterocycles. The van der Waals surface area contributed by atoms with Gasteiger partial charge in [-0.15, -0.1) is 0 Å². The molecule has 0 aliphatic carbocycles. The van der Waals surface area contributed by atoms with E-state index in [1.807, 2.05) is 19.3 Å². The third kappa shape index (κ3) is 3.49. The maximum atomic E-state index is 14.0. The van der Waals surface area contributed by atoms with Crippen molar-refractivity contribution in [3.05, 3.63) is 59.9 Å². The second kappa shape index (κ2) is 7.34. The van der Waals surface area contributed by atoms with Crippen LogP contribution in [0.1, 0.15) is 48.0 Å². The third-order valence-electron chi connectivity index (χ3n) is 4.96. The van der Waals surface area contributed by atoms with E-state index in [4.69, 9.17) is 4.52 Å². The van der Waals surface area contributed by atoms with Gasteiger partial charge >= 0.3 is 0 Å². The van der Waals surface area contributed by atoms with Crippen molar-refractivity contribution >= 4 is 5.91 Å². The summed E-state index contributed by atoms with van der Waals surface area (Å²) in [5.41, 5.74) is 1.51. The summed E-state index contributed by atoms with van der Waals surface area (Å²) in [6, 6.07) is 9.67. The molecule has 0 saturated carbocycles. The van der Waals surface area contributed by atoms with Crippen LogP contribution in [-0.2, 0) is 7.05 Å². The summed E-state index contributed by atoms with van der Waals surface area (Å²) in [6.07, 6.45) is 5.79. The second-order valence-electron chi connectivity index (χ2n) is 6.83. The number of carbonyl (C=O) groups excluding carboxylic acids is 1. The van der Waals surface area contributed by atoms with E-state index in [1.54, 1.807) is 27.8 Å². The van der Waals surface area contributed by atoms with Crippen LogP contribution in [0.5, 0.6) is 0 Å². The molecule has 0 bridgehead atoms. The molecule has 2 aromatic heterocycles. The first-order valence-electron chi connectivity index (χ1n) is 9.15. The second-order valence-corrected chi connectivity index (χ2v) is 6.83. The van der Waals surface area contributed by atoms with E-state index in [2.05, 4.69) is 10.3 Å². The van der Waals surface area contributed by atoms with Crippen LogP contribution in [0.15, 0.2) is 47.1 Å². The van der Waals surface area contributed by atoms with E-state index in [1.165, 1.54) is 12.1 Å². The molecule has 0 radical (unpaired) electrons. The van der Waals surface area contributed by atoms with Crippen molar-refractivity contribution in [3.63, 3.8) is 0 Å². The van der Waals surface area contributed by atoms with Gasteiger partial charge in [-0.1, -0.05) is 30.1 Å². The molecule has 3 aromatic rings. The zero-order valence-corrected chi connectivity index (χ0v) is 15.1. The molecule has 1 saturated heterocycles. The van der Waals surface area contributed by atoms with E-state index in [0.29, 0.717) is 17.8 Å². The third-order valence-corrected chi connectivity index (χ3v) is 4.96. The van der Waals surface area contributed by atoms with Gasteiger partial charge in [0.25, 0.3) is 5.91 Å². The standard InChI is InChI=1S/C20H21FN4O2/c1-24-12-10-16(22-24)18-9-3-2-6-11-25(18)20(26)19-13-17(23-27-19)14-7-4-5-8-15(14)21/h4-5,7-8,10,12-13,18H,2-3,6,9,11H2,1H3/t18-/m0/s1. The Kier molecular flexibility index (Phi) is 4.75. The van der Waals surface area contributed by atoms with Crippen molar-refractivity contribution in [2.45, 2.75) is 31.7 Å². The average Bonchev–Trinajstić information content (AvgIpc) is 3.25. The van der Waals surface area contributed by atoms with E-state index in [9.17, 15) is 9.18 Å². The molecule has 0 N–H and O–H groups in total. The lowest BCUT2D eigenvalue weighted by Crippen LogP contribution is -2.34. The lowest BCUT2D eigenvalue weighted by molar-refractivity contribution is 0.0634. The molecular weight excluding hydrogens is 347 g/mol. The zero-order valence-electron chi connectivity index (χ0n) is 15.1. The highest BCUT2D eigenvalue weighted by atomic mass is 19.1. The SMILES string of the molecule is Cn1ccc([C@@H]2CCCCCN2C(=O)c2cc(-c3ccccc3F)no2)n1. The van der Waals surface area contributed by atoms with Crippen molar-refractivity contribution in [2.75, 3.05) is 6.54 Å². The fraction of sp³-hybridized carbons (Fsp3) is 0.350. The molecule has 27 heavy (non-hydrogen) atoms. The fourth-order valence-electron chi connectivity index (χ4n) is 3.58. The Bertz CT molecular complexity index is 949. The lowest BCUT2D eigenvalue weighted by atomic mass is 10.1. The maximum absolute atomic E-state index is 14.0. The highest BCUT2D eigenvalue weighted by Crippen LogP contribution is 2.31. The highest BCUT2D eigenvalue weighted by molar-refractivity contribution is 5.92. The van der Waals surface area contributed by atoms with E-state index in [-0.39, 0.29) is 17.7 Å². The summed E-state index contributed by atoms with van der Waals surface area (Å²) < 4.78 is 21.0. The first-order valence-corrected chi connectivity index (χ1v) is 9.15. The number of hydrogen-bond donors (Lipinski definition) is 0. The molecule has 4 rings (SSSR count). The Morgan fingerprint density at radius 2 is 2.07 bits per heavy atom. The molecule has 3 heterocycles. The van der Waals surface area contributed by atoms with Crippen molar-refractivity contribution in [2.24, 2.45) is 7.05 Å². The van der Waals surface area contributed by atoms with Crippen LogP contribution < -0.4 is 0 Å². The minimum absolute atomic E-state index is 0.0942. The Morgan fingerprint density at radius 3 is 2.85 bits per heavy atom. The quantitative estimate of drug-likeness (QED) is 0.702. The average molecular weight is 368 g/mol. The predicted octanol–water partition coefficient (Wildman–Crippen LogP) is 3.97. The van der Waals surface area contributed by atoms with Crippen molar-refractivity contribution in [1.82, 2.24) is 19.8 Å². The molecule has 1 aromatic carbocycles. The summed E-state index contributed by atoms with van der Waals surface area (Å²) in [7, 11) is 1.86.